The largest absolute Gasteiger partial charge is 0.416 e. The number of nitrogens with zero attached hydrogens (tertiary/aromatic N) is 2. The van der Waals surface area contributed by atoms with Gasteiger partial charge < -0.3 is 5.73 Å². The predicted molar refractivity (Wildman–Crippen MR) is 94.6 cm³/mol. The molecule has 8 heteroatoms. The molecule has 0 aliphatic carbocycles. The van der Waals surface area contributed by atoms with Crippen LogP contribution in [0.15, 0.2) is 59.0 Å². The molecule has 1 heterocycles. The summed E-state index contributed by atoms with van der Waals surface area (Å²) in [7, 11) is 0. The van der Waals surface area contributed by atoms with Crippen molar-refractivity contribution in [3.8, 4) is 11.1 Å². The van der Waals surface area contributed by atoms with Crippen molar-refractivity contribution in [3.05, 3.63) is 65.0 Å². The van der Waals surface area contributed by atoms with E-state index in [1.165, 1.54) is 23.6 Å². The van der Waals surface area contributed by atoms with Crippen LogP contribution in [-0.4, -0.2) is 11.2 Å². The minimum Gasteiger partial charge on any atom is -0.383 e. The molecule has 0 amide bonds. The molecule has 0 fully saturated rings. The molecule has 0 saturated heterocycles. The molecule has 2 aromatic carbocycles. The van der Waals surface area contributed by atoms with Crippen molar-refractivity contribution < 1.29 is 13.2 Å². The molecule has 0 spiro atoms. The molecule has 0 aliphatic rings. The zero-order chi connectivity index (χ0) is 17.9. The number of nitrogen functional groups attached to an aromatic ring is 1. The first-order chi connectivity index (χ1) is 11.9. The van der Waals surface area contributed by atoms with E-state index in [0.717, 1.165) is 12.1 Å². The van der Waals surface area contributed by atoms with Crippen LogP contribution in [0.2, 0.25) is 0 Å². The first kappa shape index (κ1) is 17.0. The molecule has 25 heavy (non-hydrogen) atoms. The molecule has 0 aliphatic heterocycles. The van der Waals surface area contributed by atoms with Crippen molar-refractivity contribution in [2.45, 2.75) is 6.18 Å². The van der Waals surface area contributed by atoms with Gasteiger partial charge in [0, 0.05) is 10.9 Å². The smallest absolute Gasteiger partial charge is 0.383 e. The molecule has 0 bridgehead atoms. The lowest BCUT2D eigenvalue weighted by Crippen LogP contribution is -2.04. The molecule has 0 atom stereocenters. The number of thiazole rings is 1. The van der Waals surface area contributed by atoms with E-state index in [1.54, 1.807) is 35.7 Å². The molecule has 3 rings (SSSR count). The monoisotopic (exact) mass is 362 g/mol. The number of halogens is 3. The molecular formula is C17H13F3N4S. The third-order valence-electron chi connectivity index (χ3n) is 3.35. The molecule has 1 aromatic heterocycles. The third-order valence-corrected chi connectivity index (χ3v) is 4.11. The first-order valence-corrected chi connectivity index (χ1v) is 8.08. The Kier molecular flexibility index (Phi) is 4.71. The van der Waals surface area contributed by atoms with Gasteiger partial charge in [0.2, 0.25) is 5.13 Å². The Morgan fingerprint density at radius 2 is 1.92 bits per heavy atom. The number of alkyl halides is 3. The lowest BCUT2D eigenvalue weighted by atomic mass is 9.98. The van der Waals surface area contributed by atoms with E-state index in [9.17, 15) is 13.2 Å². The number of nitrogens with two attached hydrogens (primary N) is 1. The van der Waals surface area contributed by atoms with E-state index in [4.69, 9.17) is 5.73 Å². The summed E-state index contributed by atoms with van der Waals surface area (Å²) in [4.78, 5) is 4.01. The fraction of sp³-hybridized carbons (Fsp3) is 0.0588. The molecule has 4 nitrogen and oxygen atoms in total. The molecule has 3 aromatic rings. The average Bonchev–Trinajstić information content (AvgIpc) is 3.00. The highest BCUT2D eigenvalue weighted by Gasteiger charge is 2.30. The quantitative estimate of drug-likeness (QED) is 0.515. The number of benzene rings is 2. The third kappa shape index (κ3) is 4.16. The number of nitrogens with one attached hydrogen (secondary N) is 1. The van der Waals surface area contributed by atoms with E-state index < -0.39 is 11.7 Å². The van der Waals surface area contributed by atoms with Crippen molar-refractivity contribution in [1.82, 2.24) is 4.98 Å². The number of rotatable bonds is 4. The molecule has 128 valence electrons. The van der Waals surface area contributed by atoms with Crippen molar-refractivity contribution in [1.29, 1.82) is 0 Å². The Labute approximate surface area is 145 Å². The van der Waals surface area contributed by atoms with Crippen LogP contribution in [-0.2, 0) is 6.18 Å². The van der Waals surface area contributed by atoms with Crippen molar-refractivity contribution in [2.75, 3.05) is 11.2 Å². The van der Waals surface area contributed by atoms with Crippen molar-refractivity contribution >= 4 is 28.5 Å². The fourth-order valence-corrected chi connectivity index (χ4v) is 2.78. The molecule has 0 unspecified atom stereocenters. The van der Waals surface area contributed by atoms with Gasteiger partial charge in [-0.05, 0) is 23.3 Å². The van der Waals surface area contributed by atoms with Crippen LogP contribution >= 0.6 is 11.3 Å². The van der Waals surface area contributed by atoms with Gasteiger partial charge in [-0.3, -0.25) is 5.43 Å². The Balaban J connectivity index is 1.88. The summed E-state index contributed by atoms with van der Waals surface area (Å²) in [5, 5.41) is 6.29. The number of hydrogen-bond acceptors (Lipinski definition) is 5. The number of hydrogen-bond donors (Lipinski definition) is 2. The van der Waals surface area contributed by atoms with Gasteiger partial charge in [0.05, 0.1) is 11.8 Å². The summed E-state index contributed by atoms with van der Waals surface area (Å²) in [5.41, 5.74) is 9.38. The van der Waals surface area contributed by atoms with Gasteiger partial charge >= 0.3 is 6.18 Å². The Bertz CT molecular complexity index is 903. The summed E-state index contributed by atoms with van der Waals surface area (Å²) >= 11 is 1.30. The standard InChI is InChI=1S/C17H13F3N4S/c18-17(19,20)13-6-3-5-11(8-13)14-7-2-1-4-12(14)9-22-24-16-23-15(21)10-25-16/h1-10H,21H2,(H,23,24). The van der Waals surface area contributed by atoms with Crippen LogP contribution in [0, 0.1) is 0 Å². The minimum atomic E-state index is -4.38. The molecule has 3 N–H and O–H groups in total. The van der Waals surface area contributed by atoms with E-state index in [0.29, 0.717) is 27.6 Å². The lowest BCUT2D eigenvalue weighted by Gasteiger charge is -2.10. The maximum atomic E-state index is 12.9. The summed E-state index contributed by atoms with van der Waals surface area (Å²) < 4.78 is 38.8. The molecular weight excluding hydrogens is 349 g/mol. The Morgan fingerprint density at radius 1 is 1.12 bits per heavy atom. The highest BCUT2D eigenvalue weighted by atomic mass is 32.1. The lowest BCUT2D eigenvalue weighted by molar-refractivity contribution is -0.137. The SMILES string of the molecule is Nc1csc(NN=Cc2ccccc2-c2cccc(C(F)(F)F)c2)n1. The average molecular weight is 362 g/mol. The van der Waals surface area contributed by atoms with Gasteiger partial charge in [-0.2, -0.15) is 18.3 Å². The number of hydrazone groups is 1. The second-order valence-electron chi connectivity index (χ2n) is 5.11. The van der Waals surface area contributed by atoms with E-state index in [2.05, 4.69) is 15.5 Å². The second-order valence-corrected chi connectivity index (χ2v) is 5.97. The summed E-state index contributed by atoms with van der Waals surface area (Å²) in [6.45, 7) is 0. The fourth-order valence-electron chi connectivity index (χ4n) is 2.23. The van der Waals surface area contributed by atoms with E-state index in [1.807, 2.05) is 0 Å². The predicted octanol–water partition coefficient (Wildman–Crippen LogP) is 4.86. The number of aromatic nitrogens is 1. The first-order valence-electron chi connectivity index (χ1n) is 7.20. The van der Waals surface area contributed by atoms with Gasteiger partial charge in [0.15, 0.2) is 0 Å². The van der Waals surface area contributed by atoms with Gasteiger partial charge in [-0.25, -0.2) is 4.98 Å². The maximum Gasteiger partial charge on any atom is 0.416 e. The van der Waals surface area contributed by atoms with Crippen LogP contribution in [0.1, 0.15) is 11.1 Å². The Morgan fingerprint density at radius 3 is 2.64 bits per heavy atom. The normalized spacial score (nSPS) is 11.8. The van der Waals surface area contributed by atoms with Gasteiger partial charge in [0.1, 0.15) is 5.82 Å². The van der Waals surface area contributed by atoms with Gasteiger partial charge in [0.25, 0.3) is 0 Å². The summed E-state index contributed by atoms with van der Waals surface area (Å²) in [5.74, 6) is 0.395. The maximum absolute atomic E-state index is 12.9. The van der Waals surface area contributed by atoms with Crippen molar-refractivity contribution in [2.24, 2.45) is 5.10 Å². The highest BCUT2D eigenvalue weighted by Crippen LogP contribution is 2.32. The second kappa shape index (κ2) is 6.94. The van der Waals surface area contributed by atoms with Gasteiger partial charge in [-0.15, -0.1) is 11.3 Å². The van der Waals surface area contributed by atoms with Crippen LogP contribution < -0.4 is 11.2 Å². The van der Waals surface area contributed by atoms with Crippen LogP contribution in [0.4, 0.5) is 24.1 Å². The van der Waals surface area contributed by atoms with E-state index in [-0.39, 0.29) is 0 Å². The summed E-state index contributed by atoms with van der Waals surface area (Å²) in [6, 6.07) is 12.3. The van der Waals surface area contributed by atoms with Crippen LogP contribution in [0.3, 0.4) is 0 Å². The van der Waals surface area contributed by atoms with Crippen molar-refractivity contribution in [3.63, 3.8) is 0 Å². The zero-order valence-corrected chi connectivity index (χ0v) is 13.6. The minimum absolute atomic E-state index is 0.395. The van der Waals surface area contributed by atoms with Crippen LogP contribution in [0.25, 0.3) is 11.1 Å². The van der Waals surface area contributed by atoms with Gasteiger partial charge in [-0.1, -0.05) is 36.4 Å². The summed E-state index contributed by atoms with van der Waals surface area (Å²) in [6.07, 6.45) is -2.85. The van der Waals surface area contributed by atoms with Crippen LogP contribution in [0.5, 0.6) is 0 Å². The Hall–Kier alpha value is -2.87. The highest BCUT2D eigenvalue weighted by molar-refractivity contribution is 7.14. The topological polar surface area (TPSA) is 63.3 Å². The number of anilines is 2. The molecule has 0 radical (unpaired) electrons. The zero-order valence-electron chi connectivity index (χ0n) is 12.8. The van der Waals surface area contributed by atoms with E-state index >= 15 is 0 Å². The molecule has 0 saturated carbocycles.